The van der Waals surface area contributed by atoms with E-state index >= 15 is 0 Å². The molecule has 0 nitrogen and oxygen atoms in total. The molecule has 0 atom stereocenters. The van der Waals surface area contributed by atoms with E-state index in [1.165, 1.54) is 18.4 Å². The summed E-state index contributed by atoms with van der Waals surface area (Å²) in [6.07, 6.45) is 2.49. The monoisotopic (exact) mass is 276 g/mol. The number of benzene rings is 1. The zero-order valence-electron chi connectivity index (χ0n) is 9.26. The van der Waals surface area contributed by atoms with E-state index in [0.717, 1.165) is 0 Å². The fourth-order valence-corrected chi connectivity index (χ4v) is 8.96. The molecular weight excluding hydrogens is 264 g/mol. The summed E-state index contributed by atoms with van der Waals surface area (Å²) in [5.41, 5.74) is 4.74. The smallest absolute Gasteiger partial charge is 0.0261 e. The molecule has 0 unspecified atom stereocenters. The van der Waals surface area contributed by atoms with Crippen LogP contribution in [0.4, 0.5) is 0 Å². The summed E-state index contributed by atoms with van der Waals surface area (Å²) in [6, 6.07) is 11.0. The van der Waals surface area contributed by atoms with E-state index in [2.05, 4.69) is 41.1 Å². The van der Waals surface area contributed by atoms with Crippen molar-refractivity contribution in [3.63, 3.8) is 0 Å². The molecule has 17 heavy (non-hydrogen) atoms. The maximum Gasteiger partial charge on any atom is 0.0261 e. The molecule has 3 heteroatoms. The van der Waals surface area contributed by atoms with Crippen molar-refractivity contribution in [3.05, 3.63) is 57.9 Å². The maximum atomic E-state index is 2.41. The Hall–Kier alpha value is -0.380. The van der Waals surface area contributed by atoms with Crippen LogP contribution in [0.15, 0.2) is 52.3 Å². The van der Waals surface area contributed by atoms with Gasteiger partial charge in [-0.15, -0.1) is 0 Å². The van der Waals surface area contributed by atoms with Gasteiger partial charge >= 0.3 is 0 Å². The quantitative estimate of drug-likeness (QED) is 0.517. The van der Waals surface area contributed by atoms with E-state index in [1.54, 1.807) is 16.0 Å². The van der Waals surface area contributed by atoms with E-state index in [1.807, 2.05) is 21.6 Å². The molecule has 2 heterocycles. The van der Waals surface area contributed by atoms with Gasteiger partial charge < -0.3 is 0 Å². The van der Waals surface area contributed by atoms with E-state index in [0.29, 0.717) is 14.5 Å². The van der Waals surface area contributed by atoms with Crippen molar-refractivity contribution in [2.75, 3.05) is 0 Å². The van der Waals surface area contributed by atoms with Crippen LogP contribution in [0, 0.1) is 0 Å². The fraction of sp³-hybridized carbons (Fsp3) is 0.214. The molecule has 1 aliphatic carbocycles. The second-order valence-electron chi connectivity index (χ2n) is 4.56. The van der Waals surface area contributed by atoms with Gasteiger partial charge in [0.25, 0.3) is 0 Å². The highest BCUT2D eigenvalue weighted by molar-refractivity contribution is 9.17. The van der Waals surface area contributed by atoms with Gasteiger partial charge in [0.15, 0.2) is 0 Å². The van der Waals surface area contributed by atoms with Gasteiger partial charge in [0.05, 0.1) is 0 Å². The predicted octanol–water partition coefficient (Wildman–Crippen LogP) is 5.10. The summed E-state index contributed by atoms with van der Waals surface area (Å²) in [5, 5.41) is 4.82. The second-order valence-corrected chi connectivity index (χ2v) is 10.1. The summed E-state index contributed by atoms with van der Waals surface area (Å²) in [7, 11) is 4.47. The summed E-state index contributed by atoms with van der Waals surface area (Å²) < 4.78 is 0. The minimum absolute atomic E-state index is 0.417. The Morgan fingerprint density at radius 2 is 1.59 bits per heavy atom. The molecule has 86 valence electrons. The van der Waals surface area contributed by atoms with Crippen LogP contribution in [0.1, 0.15) is 24.3 Å². The van der Waals surface area contributed by atoms with Gasteiger partial charge in [0.2, 0.25) is 0 Å². The third-order valence-corrected chi connectivity index (χ3v) is 9.52. The van der Waals surface area contributed by atoms with Gasteiger partial charge in [0.1, 0.15) is 0 Å². The molecule has 1 fully saturated rings. The summed E-state index contributed by atoms with van der Waals surface area (Å²) >= 11 is 0. The number of hydrogen-bond donors (Lipinski definition) is 0. The van der Waals surface area contributed by atoms with Crippen molar-refractivity contribution in [1.82, 2.24) is 0 Å². The Labute approximate surface area is 111 Å². The topological polar surface area (TPSA) is 0 Å². The number of hydrogen-bond acceptors (Lipinski definition) is 2. The minimum atomic E-state index is 0.417. The van der Waals surface area contributed by atoms with Gasteiger partial charge in [0, 0.05) is 4.86 Å². The van der Waals surface area contributed by atoms with Crippen molar-refractivity contribution < 1.29 is 0 Å². The molecule has 1 aromatic carbocycles. The van der Waals surface area contributed by atoms with Gasteiger partial charge in [-0.2, -0.15) is 0 Å². The van der Waals surface area contributed by atoms with Crippen molar-refractivity contribution >= 4 is 35.0 Å². The molecule has 1 aromatic rings. The average molecular weight is 276 g/mol. The lowest BCUT2D eigenvalue weighted by Gasteiger charge is -2.26. The van der Waals surface area contributed by atoms with Crippen LogP contribution in [0.25, 0.3) is 0 Å². The molecule has 0 aromatic heterocycles. The summed E-state index contributed by atoms with van der Waals surface area (Å²) in [4.78, 5) is 1.69. The molecular formula is C14H12S3. The van der Waals surface area contributed by atoms with Gasteiger partial charge in [-0.05, 0) is 46.3 Å². The fourth-order valence-electron chi connectivity index (χ4n) is 2.70. The highest BCUT2D eigenvalue weighted by Crippen LogP contribution is 2.61. The van der Waals surface area contributed by atoms with Crippen LogP contribution in [0.5, 0.6) is 0 Å². The van der Waals surface area contributed by atoms with Crippen molar-refractivity contribution in [1.29, 1.82) is 0 Å². The van der Waals surface area contributed by atoms with Gasteiger partial charge in [-0.1, -0.05) is 60.5 Å². The molecule has 0 amide bonds. The zero-order chi connectivity index (χ0) is 11.2. The van der Waals surface area contributed by atoms with Gasteiger partial charge in [-0.3, -0.25) is 0 Å². The van der Waals surface area contributed by atoms with E-state index < -0.39 is 0 Å². The second kappa shape index (κ2) is 4.08. The van der Waals surface area contributed by atoms with Crippen LogP contribution >= 0.6 is 30.1 Å². The lowest BCUT2D eigenvalue weighted by atomic mass is 9.79. The Morgan fingerprint density at radius 1 is 0.941 bits per heavy atom. The predicted molar refractivity (Wildman–Crippen MR) is 82.4 cm³/mol. The molecule has 0 spiro atoms. The first-order chi connectivity index (χ1) is 8.42. The highest BCUT2D eigenvalue weighted by atomic mass is 33.5. The highest BCUT2D eigenvalue weighted by Gasteiger charge is 2.33. The van der Waals surface area contributed by atoms with E-state index in [9.17, 15) is 0 Å². The third-order valence-electron chi connectivity index (χ3n) is 3.51. The van der Waals surface area contributed by atoms with Crippen molar-refractivity contribution in [2.24, 2.45) is 0 Å². The Kier molecular flexibility index (Phi) is 2.53. The van der Waals surface area contributed by atoms with Crippen molar-refractivity contribution in [2.45, 2.75) is 18.8 Å². The van der Waals surface area contributed by atoms with Crippen LogP contribution in [-0.2, 0) is 0 Å². The maximum absolute atomic E-state index is 2.41. The minimum Gasteiger partial charge on any atom is -0.0622 e. The largest absolute Gasteiger partial charge is 0.0622 e. The normalized spacial score (nSPS) is 23.6. The van der Waals surface area contributed by atoms with Crippen LogP contribution < -0.4 is 0 Å². The molecule has 2 aliphatic heterocycles. The Balaban J connectivity index is 1.72. The third kappa shape index (κ3) is 1.67. The van der Waals surface area contributed by atoms with Crippen molar-refractivity contribution in [3.8, 4) is 0 Å². The number of allylic oxidation sites excluding steroid dienone is 2. The van der Waals surface area contributed by atoms with E-state index in [-0.39, 0.29) is 0 Å². The summed E-state index contributed by atoms with van der Waals surface area (Å²) in [6.45, 7) is 0. The first-order valence-electron chi connectivity index (χ1n) is 5.81. The molecule has 0 radical (unpaired) electrons. The Morgan fingerprint density at radius 3 is 2.24 bits per heavy atom. The van der Waals surface area contributed by atoms with Crippen LogP contribution in [0.2, 0.25) is 0 Å². The Bertz CT molecular complexity index is 536. The SMILES string of the molecule is C1=C2CC(c3ccccc3)CC3=CSS(=C23)S1. The molecule has 0 saturated heterocycles. The summed E-state index contributed by atoms with van der Waals surface area (Å²) in [5.74, 6) is 0.695. The lowest BCUT2D eigenvalue weighted by Crippen LogP contribution is -2.15. The van der Waals surface area contributed by atoms with Crippen LogP contribution in [0.3, 0.4) is 0 Å². The average Bonchev–Trinajstić information content (AvgIpc) is 2.98. The van der Waals surface area contributed by atoms with Crippen LogP contribution in [-0.4, -0.2) is 4.86 Å². The standard InChI is InChI=1S/C14H12S3/c1-2-4-10(5-3-1)11-6-12-8-15-17-14(12)13(7-11)9-16-17/h1-5,8-9,11H,6-7H2. The molecule has 3 aliphatic rings. The molecule has 0 bridgehead atoms. The first-order valence-corrected chi connectivity index (χ1v) is 9.83. The molecule has 0 N–H and O–H groups in total. The van der Waals surface area contributed by atoms with Gasteiger partial charge in [-0.25, -0.2) is 0 Å². The molecule has 4 rings (SSSR count). The zero-order valence-corrected chi connectivity index (χ0v) is 11.7. The number of rotatable bonds is 1. The first kappa shape index (κ1) is 10.5. The van der Waals surface area contributed by atoms with E-state index in [4.69, 9.17) is 0 Å². The molecule has 1 saturated carbocycles. The lowest BCUT2D eigenvalue weighted by molar-refractivity contribution is 0.679.